The number of aliphatic imine (C=N–C) groups is 1. The fourth-order valence-electron chi connectivity index (χ4n) is 2.05. The average Bonchev–Trinajstić information content (AvgIpc) is 2.60. The molecule has 0 saturated carbocycles. The molecule has 0 radical (unpaired) electrons. The normalized spacial score (nSPS) is 11.1. The third-order valence-corrected chi connectivity index (χ3v) is 3.72. The highest BCUT2D eigenvalue weighted by Gasteiger charge is 2.09. The van der Waals surface area contributed by atoms with Crippen LogP contribution in [0.4, 0.5) is 4.39 Å². The molecule has 0 spiro atoms. The first-order chi connectivity index (χ1) is 11.9. The van der Waals surface area contributed by atoms with Crippen LogP contribution in [0.2, 0.25) is 5.02 Å². The molecule has 0 heterocycles. The maximum atomic E-state index is 13.7. The van der Waals surface area contributed by atoms with Gasteiger partial charge in [-0.05, 0) is 24.3 Å². The van der Waals surface area contributed by atoms with Crippen LogP contribution in [0.3, 0.4) is 0 Å². The second-order valence-electron chi connectivity index (χ2n) is 5.00. The summed E-state index contributed by atoms with van der Waals surface area (Å²) < 4.78 is 24.0. The maximum Gasteiger partial charge on any atom is 0.195 e. The van der Waals surface area contributed by atoms with Crippen molar-refractivity contribution in [2.24, 2.45) is 10.7 Å². The lowest BCUT2D eigenvalue weighted by Gasteiger charge is -2.10. The zero-order valence-corrected chi connectivity index (χ0v) is 14.5. The van der Waals surface area contributed by atoms with E-state index in [0.29, 0.717) is 17.1 Å². The Morgan fingerprint density at radius 3 is 2.44 bits per heavy atom. The van der Waals surface area contributed by atoms with Crippen LogP contribution in [0.1, 0.15) is 11.1 Å². The standard InChI is InChI=1S/C17H18ClFN4O2/c1-24-11-6-10(7-12(8-11)25-2)16(20)23-17(21)22-9-13-14(18)4-3-5-15(13)19/h3-8H,9H2,1-2H3,(H4,20,21,22,23). The fourth-order valence-corrected chi connectivity index (χ4v) is 2.28. The van der Waals surface area contributed by atoms with Crippen molar-refractivity contribution in [2.75, 3.05) is 14.2 Å². The third-order valence-electron chi connectivity index (χ3n) is 3.37. The Morgan fingerprint density at radius 2 is 1.88 bits per heavy atom. The number of benzene rings is 2. The van der Waals surface area contributed by atoms with Gasteiger partial charge in [-0.25, -0.2) is 4.39 Å². The molecule has 25 heavy (non-hydrogen) atoms. The van der Waals surface area contributed by atoms with Crippen LogP contribution in [0, 0.1) is 11.2 Å². The molecule has 0 bridgehead atoms. The molecule has 0 aliphatic heterocycles. The van der Waals surface area contributed by atoms with Crippen molar-refractivity contribution in [3.8, 4) is 11.5 Å². The summed E-state index contributed by atoms with van der Waals surface area (Å²) >= 11 is 5.95. The topological polar surface area (TPSA) is 92.7 Å². The summed E-state index contributed by atoms with van der Waals surface area (Å²) in [6.45, 7) is 0.0511. The van der Waals surface area contributed by atoms with Gasteiger partial charge in [0.2, 0.25) is 0 Å². The van der Waals surface area contributed by atoms with E-state index in [9.17, 15) is 4.39 Å². The number of nitrogens with one attached hydrogen (secondary N) is 2. The molecule has 8 heteroatoms. The third kappa shape index (κ3) is 4.84. The van der Waals surface area contributed by atoms with Crippen LogP contribution in [-0.2, 0) is 6.54 Å². The number of hydrogen-bond donors (Lipinski definition) is 3. The van der Waals surface area contributed by atoms with Crippen molar-refractivity contribution >= 4 is 23.4 Å². The Hall–Kier alpha value is -2.80. The molecule has 4 N–H and O–H groups in total. The number of nitrogens with zero attached hydrogens (tertiary/aromatic N) is 1. The van der Waals surface area contributed by atoms with Crippen LogP contribution in [0.15, 0.2) is 41.4 Å². The minimum atomic E-state index is -0.444. The van der Waals surface area contributed by atoms with E-state index in [0.717, 1.165) is 0 Å². The number of ether oxygens (including phenoxy) is 2. The quantitative estimate of drug-likeness (QED) is 0.561. The predicted molar refractivity (Wildman–Crippen MR) is 96.2 cm³/mol. The second-order valence-corrected chi connectivity index (χ2v) is 5.41. The van der Waals surface area contributed by atoms with Gasteiger partial charge in [0.1, 0.15) is 17.3 Å². The minimum Gasteiger partial charge on any atom is -0.497 e. The Morgan fingerprint density at radius 1 is 1.24 bits per heavy atom. The van der Waals surface area contributed by atoms with Crippen LogP contribution in [-0.4, -0.2) is 26.0 Å². The van der Waals surface area contributed by atoms with E-state index in [1.165, 1.54) is 26.4 Å². The number of rotatable bonds is 5. The van der Waals surface area contributed by atoms with Crippen molar-refractivity contribution < 1.29 is 13.9 Å². The number of guanidine groups is 1. The van der Waals surface area contributed by atoms with Crippen molar-refractivity contribution in [1.82, 2.24) is 5.32 Å². The summed E-state index contributed by atoms with van der Waals surface area (Å²) in [5.74, 6) is 0.478. The molecule has 0 atom stereocenters. The van der Waals surface area contributed by atoms with Gasteiger partial charge in [0, 0.05) is 28.8 Å². The van der Waals surface area contributed by atoms with Gasteiger partial charge in [-0.2, -0.15) is 4.99 Å². The van der Waals surface area contributed by atoms with Gasteiger partial charge >= 0.3 is 0 Å². The van der Waals surface area contributed by atoms with Gasteiger partial charge in [-0.3, -0.25) is 5.41 Å². The van der Waals surface area contributed by atoms with E-state index in [2.05, 4.69) is 10.3 Å². The van der Waals surface area contributed by atoms with Crippen LogP contribution in [0.25, 0.3) is 0 Å². The number of methoxy groups -OCH3 is 2. The smallest absolute Gasteiger partial charge is 0.195 e. The summed E-state index contributed by atoms with van der Waals surface area (Å²) in [7, 11) is 3.03. The Balaban J connectivity index is 2.12. The first-order valence-corrected chi connectivity index (χ1v) is 7.65. The van der Waals surface area contributed by atoms with Crippen molar-refractivity contribution in [1.29, 1.82) is 5.41 Å². The van der Waals surface area contributed by atoms with Crippen LogP contribution >= 0.6 is 11.6 Å². The van der Waals surface area contributed by atoms with E-state index >= 15 is 0 Å². The molecule has 0 fully saturated rings. The molecular formula is C17H18ClFN4O2. The van der Waals surface area contributed by atoms with E-state index < -0.39 is 5.82 Å². The number of amidine groups is 1. The highest BCUT2D eigenvalue weighted by atomic mass is 35.5. The molecule has 0 saturated heterocycles. The first-order valence-electron chi connectivity index (χ1n) is 7.27. The van der Waals surface area contributed by atoms with Gasteiger partial charge in [0.15, 0.2) is 11.8 Å². The Kier molecular flexibility index (Phi) is 6.19. The molecule has 132 valence electrons. The largest absolute Gasteiger partial charge is 0.497 e. The maximum absolute atomic E-state index is 13.7. The molecule has 0 aliphatic carbocycles. The summed E-state index contributed by atoms with van der Waals surface area (Å²) in [6, 6.07) is 9.36. The van der Waals surface area contributed by atoms with Crippen molar-refractivity contribution in [3.63, 3.8) is 0 Å². The molecular weight excluding hydrogens is 347 g/mol. The Bertz CT molecular complexity index is 769. The lowest BCUT2D eigenvalue weighted by molar-refractivity contribution is 0.394. The molecule has 0 aromatic heterocycles. The molecule has 2 aromatic carbocycles. The van der Waals surface area contributed by atoms with Gasteiger partial charge in [0.25, 0.3) is 0 Å². The van der Waals surface area contributed by atoms with Crippen molar-refractivity contribution in [3.05, 3.63) is 58.4 Å². The number of hydrogen-bond acceptors (Lipinski definition) is 3. The van der Waals surface area contributed by atoms with Crippen molar-refractivity contribution in [2.45, 2.75) is 6.54 Å². The zero-order chi connectivity index (χ0) is 18.4. The lowest BCUT2D eigenvalue weighted by Crippen LogP contribution is -2.32. The summed E-state index contributed by atoms with van der Waals surface area (Å²) in [6.07, 6.45) is 0. The molecule has 2 aromatic rings. The van der Waals surface area contributed by atoms with Gasteiger partial charge in [-0.15, -0.1) is 0 Å². The summed E-state index contributed by atoms with van der Waals surface area (Å²) in [5, 5.41) is 11.1. The number of halogens is 2. The summed E-state index contributed by atoms with van der Waals surface area (Å²) in [4.78, 5) is 3.96. The molecule has 2 rings (SSSR count). The number of nitrogens with two attached hydrogens (primary N) is 1. The first kappa shape index (κ1) is 18.5. The average molecular weight is 365 g/mol. The van der Waals surface area contributed by atoms with E-state index in [1.54, 1.807) is 24.3 Å². The monoisotopic (exact) mass is 364 g/mol. The van der Waals surface area contributed by atoms with Crippen LogP contribution < -0.4 is 20.5 Å². The minimum absolute atomic E-state index is 0.0360. The molecule has 6 nitrogen and oxygen atoms in total. The van der Waals surface area contributed by atoms with Gasteiger partial charge < -0.3 is 20.5 Å². The highest BCUT2D eigenvalue weighted by molar-refractivity contribution is 6.31. The van der Waals surface area contributed by atoms with E-state index in [-0.39, 0.29) is 28.9 Å². The van der Waals surface area contributed by atoms with Gasteiger partial charge in [-0.1, -0.05) is 17.7 Å². The van der Waals surface area contributed by atoms with E-state index in [4.69, 9.17) is 32.2 Å². The van der Waals surface area contributed by atoms with E-state index in [1.807, 2.05) is 0 Å². The molecule has 0 unspecified atom stereocenters. The lowest BCUT2D eigenvalue weighted by atomic mass is 10.2. The molecule has 0 aliphatic rings. The molecule has 0 amide bonds. The predicted octanol–water partition coefficient (Wildman–Crippen LogP) is 2.93. The van der Waals surface area contributed by atoms with Gasteiger partial charge in [0.05, 0.1) is 14.2 Å². The highest BCUT2D eigenvalue weighted by Crippen LogP contribution is 2.23. The second kappa shape index (κ2) is 8.34. The van der Waals surface area contributed by atoms with Crippen LogP contribution in [0.5, 0.6) is 11.5 Å². The Labute approximate surface area is 149 Å². The summed E-state index contributed by atoms with van der Waals surface area (Å²) in [5.41, 5.74) is 6.51. The SMILES string of the molecule is COc1cc(OC)cc(C(=N)/N=C(\N)NCc2c(F)cccc2Cl)c1. The fraction of sp³-hybridized carbons (Fsp3) is 0.176. The zero-order valence-electron chi connectivity index (χ0n) is 13.8.